The van der Waals surface area contributed by atoms with Gasteiger partial charge in [-0.25, -0.2) is 13.2 Å². The third-order valence-electron chi connectivity index (χ3n) is 8.50. The highest BCUT2D eigenvalue weighted by Gasteiger charge is 2.46. The third-order valence-corrected chi connectivity index (χ3v) is 10.5. The molecule has 3 atom stereocenters. The molecular weight excluding hydrogens is 652 g/mol. The monoisotopic (exact) mass is 688 g/mol. The number of rotatable bonds is 13. The number of esters is 2. The van der Waals surface area contributed by atoms with Crippen molar-refractivity contribution < 1.29 is 37.2 Å². The number of para-hydroxylation sites is 1. The van der Waals surface area contributed by atoms with Crippen LogP contribution >= 0.6 is 0 Å². The minimum Gasteiger partial charge on any atom is -0.467 e. The summed E-state index contributed by atoms with van der Waals surface area (Å²) in [5.74, 6) is -2.17. The summed E-state index contributed by atoms with van der Waals surface area (Å²) in [5.41, 5.74) is 6.99. The van der Waals surface area contributed by atoms with Gasteiger partial charge in [0.2, 0.25) is 5.91 Å². The van der Waals surface area contributed by atoms with E-state index in [1.807, 2.05) is 48.5 Å². The molecule has 49 heavy (non-hydrogen) atoms. The van der Waals surface area contributed by atoms with Crippen LogP contribution in [-0.2, 0) is 46.9 Å². The molecule has 1 aliphatic heterocycles. The first-order valence-electron chi connectivity index (χ1n) is 15.6. The number of nitro benzene ring substituents is 1. The molecule has 13 nitrogen and oxygen atoms in total. The number of hydrogen-bond acceptors (Lipinski definition) is 10. The summed E-state index contributed by atoms with van der Waals surface area (Å²) in [6.45, 7) is -0.519. The molecule has 1 heterocycles. The Morgan fingerprint density at radius 3 is 2.31 bits per heavy atom. The molecule has 256 valence electrons. The van der Waals surface area contributed by atoms with Crippen molar-refractivity contribution in [3.05, 3.63) is 118 Å². The fourth-order valence-corrected chi connectivity index (χ4v) is 7.70. The van der Waals surface area contributed by atoms with Crippen LogP contribution in [0.2, 0.25) is 0 Å². The van der Waals surface area contributed by atoms with Gasteiger partial charge < -0.3 is 20.1 Å². The number of fused-ring (bicyclic) bond motifs is 1. The number of nitrogens with zero attached hydrogens (tertiary/aromatic N) is 3. The van der Waals surface area contributed by atoms with Crippen molar-refractivity contribution in [3.63, 3.8) is 0 Å². The van der Waals surface area contributed by atoms with Crippen LogP contribution in [0.25, 0.3) is 10.8 Å². The largest absolute Gasteiger partial charge is 0.467 e. The molecule has 4 aromatic carbocycles. The summed E-state index contributed by atoms with van der Waals surface area (Å²) in [4.78, 5) is 51.9. The normalized spacial score (nSPS) is 16.6. The Morgan fingerprint density at radius 1 is 0.918 bits per heavy atom. The maximum atomic E-state index is 14.3. The van der Waals surface area contributed by atoms with Crippen molar-refractivity contribution in [2.24, 2.45) is 5.73 Å². The lowest BCUT2D eigenvalue weighted by Gasteiger charge is -2.42. The topological polar surface area (TPSA) is 179 Å². The number of piperazine rings is 1. The fraction of sp³-hybridized carbons (Fsp3) is 0.286. The van der Waals surface area contributed by atoms with Gasteiger partial charge in [-0.2, -0.15) is 4.31 Å². The quantitative estimate of drug-likeness (QED) is 0.124. The molecule has 1 amide bonds. The van der Waals surface area contributed by atoms with Crippen molar-refractivity contribution in [1.29, 1.82) is 0 Å². The van der Waals surface area contributed by atoms with E-state index < -0.39 is 61.5 Å². The van der Waals surface area contributed by atoms with E-state index in [-0.39, 0.29) is 39.0 Å². The van der Waals surface area contributed by atoms with Gasteiger partial charge in [0.05, 0.1) is 12.0 Å². The molecule has 3 unspecified atom stereocenters. The summed E-state index contributed by atoms with van der Waals surface area (Å²) in [6, 6.07) is 23.3. The zero-order chi connectivity index (χ0) is 35.1. The highest BCUT2D eigenvalue weighted by molar-refractivity contribution is 7.89. The van der Waals surface area contributed by atoms with Crippen LogP contribution in [0.15, 0.2) is 102 Å². The van der Waals surface area contributed by atoms with E-state index in [1.54, 1.807) is 24.3 Å². The molecule has 0 spiro atoms. The number of carbonyl (C=O) groups excluding carboxylic acids is 3. The van der Waals surface area contributed by atoms with Crippen LogP contribution in [0.1, 0.15) is 24.0 Å². The van der Waals surface area contributed by atoms with Gasteiger partial charge in [-0.1, -0.05) is 84.9 Å². The van der Waals surface area contributed by atoms with Crippen LogP contribution in [0.3, 0.4) is 0 Å². The van der Waals surface area contributed by atoms with Gasteiger partial charge in [-0.3, -0.25) is 19.7 Å². The van der Waals surface area contributed by atoms with Crippen molar-refractivity contribution in [2.75, 3.05) is 20.2 Å². The number of carbonyl (C=O) groups is 3. The van der Waals surface area contributed by atoms with E-state index in [1.165, 1.54) is 24.1 Å². The number of amides is 1. The van der Waals surface area contributed by atoms with E-state index >= 15 is 0 Å². The van der Waals surface area contributed by atoms with Crippen LogP contribution in [0.4, 0.5) is 5.69 Å². The van der Waals surface area contributed by atoms with Gasteiger partial charge in [0.1, 0.15) is 24.7 Å². The van der Waals surface area contributed by atoms with Gasteiger partial charge in [-0.15, -0.1) is 0 Å². The summed E-state index contributed by atoms with van der Waals surface area (Å²) >= 11 is 0. The Kier molecular flexibility index (Phi) is 11.0. The predicted molar refractivity (Wildman–Crippen MR) is 179 cm³/mol. The number of sulfonamides is 1. The number of nitro groups is 1. The van der Waals surface area contributed by atoms with Crippen molar-refractivity contribution in [3.8, 4) is 0 Å². The molecule has 0 aromatic heterocycles. The summed E-state index contributed by atoms with van der Waals surface area (Å²) in [5, 5.41) is 13.7. The number of methoxy groups -OCH3 is 1. The highest BCUT2D eigenvalue weighted by Crippen LogP contribution is 2.32. The van der Waals surface area contributed by atoms with Crippen LogP contribution < -0.4 is 5.73 Å². The average Bonchev–Trinajstić information content (AvgIpc) is 3.12. The second kappa shape index (κ2) is 15.4. The minimum atomic E-state index is -4.62. The van der Waals surface area contributed by atoms with Crippen LogP contribution in [-0.4, -0.2) is 78.7 Å². The maximum Gasteiger partial charge on any atom is 0.328 e. The van der Waals surface area contributed by atoms with Crippen LogP contribution in [0.5, 0.6) is 0 Å². The Hall–Kier alpha value is -5.18. The second-order valence-corrected chi connectivity index (χ2v) is 13.4. The Morgan fingerprint density at radius 2 is 1.59 bits per heavy atom. The lowest BCUT2D eigenvalue weighted by molar-refractivity contribution is -0.387. The lowest BCUT2D eigenvalue weighted by Crippen LogP contribution is -2.62. The molecule has 0 bridgehead atoms. The third kappa shape index (κ3) is 7.94. The summed E-state index contributed by atoms with van der Waals surface area (Å²) < 4.78 is 39.4. The molecule has 1 fully saturated rings. The molecule has 1 aliphatic rings. The van der Waals surface area contributed by atoms with Crippen molar-refractivity contribution in [1.82, 2.24) is 9.21 Å². The van der Waals surface area contributed by atoms with Gasteiger partial charge in [0, 0.05) is 25.6 Å². The van der Waals surface area contributed by atoms with Crippen molar-refractivity contribution >= 4 is 44.3 Å². The number of nitrogens with two attached hydrogens (primary N) is 1. The number of hydrogen-bond donors (Lipinski definition) is 1. The highest BCUT2D eigenvalue weighted by atomic mass is 32.2. The van der Waals surface area contributed by atoms with Crippen LogP contribution in [0, 0.1) is 10.1 Å². The van der Waals surface area contributed by atoms with Gasteiger partial charge in [0.15, 0.2) is 4.90 Å². The van der Waals surface area contributed by atoms with E-state index in [0.29, 0.717) is 0 Å². The molecule has 0 radical (unpaired) electrons. The van der Waals surface area contributed by atoms with Gasteiger partial charge >= 0.3 is 11.9 Å². The molecule has 2 N–H and O–H groups in total. The first-order chi connectivity index (χ1) is 23.5. The SMILES string of the molecule is COC(=O)C(Cc1ccc2ccccc2c1)N1CCN(S(=O)(=O)c2ccccc2[N+](=O)[O-])C(CCC(N)C(=O)OCc2ccccc2)C1=O. The summed E-state index contributed by atoms with van der Waals surface area (Å²) in [6.07, 6.45) is -0.312. The smallest absolute Gasteiger partial charge is 0.328 e. The average molecular weight is 689 g/mol. The minimum absolute atomic E-state index is 0.0305. The van der Waals surface area contributed by atoms with Gasteiger partial charge in [0.25, 0.3) is 15.7 Å². The second-order valence-electron chi connectivity index (χ2n) is 11.6. The molecule has 0 aliphatic carbocycles. The molecular formula is C35H36N4O9S. The first kappa shape index (κ1) is 35.1. The summed E-state index contributed by atoms with van der Waals surface area (Å²) in [7, 11) is -3.42. The fourth-order valence-electron chi connectivity index (χ4n) is 5.94. The van der Waals surface area contributed by atoms with E-state index in [4.69, 9.17) is 15.2 Å². The Balaban J connectivity index is 1.43. The van der Waals surface area contributed by atoms with E-state index in [2.05, 4.69) is 0 Å². The zero-order valence-electron chi connectivity index (χ0n) is 26.7. The number of benzene rings is 4. The zero-order valence-corrected chi connectivity index (χ0v) is 27.5. The molecule has 1 saturated heterocycles. The standard InChI is InChI=1S/C35H36N4O9S/c1-47-35(42)31(22-25-15-16-26-11-5-6-12-27(26)21-25)37-19-20-38(49(45,46)32-14-8-7-13-29(32)39(43)44)30(33(37)40)18-17-28(36)34(41)48-23-24-9-3-2-4-10-24/h2-16,21,28,30-31H,17-20,22-23,36H2,1H3. The maximum absolute atomic E-state index is 14.3. The van der Waals surface area contributed by atoms with Gasteiger partial charge in [-0.05, 0) is 40.8 Å². The molecule has 14 heteroatoms. The van der Waals surface area contributed by atoms with E-state index in [0.717, 1.165) is 38.3 Å². The Labute approximate surface area is 283 Å². The molecule has 0 saturated carbocycles. The predicted octanol–water partition coefficient (Wildman–Crippen LogP) is 3.58. The van der Waals surface area contributed by atoms with E-state index in [9.17, 15) is 32.9 Å². The van der Waals surface area contributed by atoms with Crippen molar-refractivity contribution in [2.45, 2.75) is 48.9 Å². The number of ether oxygens (including phenoxy) is 2. The molecule has 4 aromatic rings. The Bertz CT molecular complexity index is 1960. The molecule has 5 rings (SSSR count). The first-order valence-corrected chi connectivity index (χ1v) is 17.0. The lowest BCUT2D eigenvalue weighted by atomic mass is 9.98.